The number of benzene rings is 2. The molecule has 0 aliphatic carbocycles. The van der Waals surface area contributed by atoms with Crippen molar-refractivity contribution in [3.05, 3.63) is 59.0 Å². The summed E-state index contributed by atoms with van der Waals surface area (Å²) in [5.74, 6) is 0.755. The Hall–Kier alpha value is -3.39. The molecule has 1 aromatic heterocycles. The molecule has 0 saturated heterocycles. The third-order valence-electron chi connectivity index (χ3n) is 4.61. The van der Waals surface area contributed by atoms with E-state index in [0.717, 1.165) is 16.0 Å². The fourth-order valence-corrected chi connectivity index (χ4v) is 4.01. The molecule has 1 N–H and O–H groups in total. The Kier molecular flexibility index (Phi) is 7.61. The predicted molar refractivity (Wildman–Crippen MR) is 120 cm³/mol. The topological polar surface area (TPSA) is 86.8 Å². The minimum Gasteiger partial charge on any atom is -0.493 e. The Balaban J connectivity index is 1.70. The van der Waals surface area contributed by atoms with E-state index < -0.39 is 0 Å². The highest BCUT2D eigenvalue weighted by Gasteiger charge is 2.18. The first-order chi connectivity index (χ1) is 15.0. The van der Waals surface area contributed by atoms with E-state index in [2.05, 4.69) is 10.3 Å². The number of aromatic nitrogens is 1. The maximum absolute atomic E-state index is 12.5. The van der Waals surface area contributed by atoms with Crippen molar-refractivity contribution in [2.45, 2.75) is 19.3 Å². The average Bonchev–Trinajstić information content (AvgIpc) is 3.19. The van der Waals surface area contributed by atoms with Gasteiger partial charge in [0.15, 0.2) is 16.6 Å². The monoisotopic (exact) mass is 440 g/mol. The summed E-state index contributed by atoms with van der Waals surface area (Å²) in [6, 6.07) is 15.1. The number of hydrogen-bond acceptors (Lipinski definition) is 7. The van der Waals surface area contributed by atoms with Crippen LogP contribution in [-0.4, -0.2) is 38.2 Å². The van der Waals surface area contributed by atoms with Crippen LogP contribution < -0.4 is 14.8 Å². The van der Waals surface area contributed by atoms with Gasteiger partial charge in [0, 0.05) is 16.9 Å². The van der Waals surface area contributed by atoms with Crippen LogP contribution in [0.4, 0.5) is 5.13 Å². The Morgan fingerprint density at radius 3 is 2.42 bits per heavy atom. The van der Waals surface area contributed by atoms with Gasteiger partial charge in [0.25, 0.3) is 0 Å². The van der Waals surface area contributed by atoms with Crippen molar-refractivity contribution in [1.82, 2.24) is 4.98 Å². The van der Waals surface area contributed by atoms with Gasteiger partial charge >= 0.3 is 5.97 Å². The van der Waals surface area contributed by atoms with Gasteiger partial charge in [0.05, 0.1) is 33.4 Å². The van der Waals surface area contributed by atoms with Crippen molar-refractivity contribution < 1.29 is 23.8 Å². The summed E-state index contributed by atoms with van der Waals surface area (Å²) >= 11 is 1.28. The van der Waals surface area contributed by atoms with Crippen LogP contribution >= 0.6 is 11.3 Å². The zero-order chi connectivity index (χ0) is 22.2. The molecule has 0 saturated carbocycles. The van der Waals surface area contributed by atoms with Crippen molar-refractivity contribution in [2.75, 3.05) is 26.6 Å². The number of esters is 1. The number of carbonyl (C=O) groups is 2. The predicted octanol–water partition coefficient (Wildman–Crippen LogP) is 4.11. The first kappa shape index (κ1) is 22.3. The van der Waals surface area contributed by atoms with Crippen molar-refractivity contribution in [1.29, 1.82) is 0 Å². The van der Waals surface area contributed by atoms with E-state index >= 15 is 0 Å². The average molecular weight is 441 g/mol. The number of aryl methyl sites for hydroxylation is 1. The van der Waals surface area contributed by atoms with Crippen LogP contribution in [0.1, 0.15) is 16.9 Å². The number of nitrogens with zero attached hydrogens (tertiary/aromatic N) is 1. The van der Waals surface area contributed by atoms with Gasteiger partial charge < -0.3 is 19.5 Å². The second-order valence-electron chi connectivity index (χ2n) is 6.65. The number of anilines is 1. The second kappa shape index (κ2) is 10.6. The molecule has 0 bridgehead atoms. The van der Waals surface area contributed by atoms with Crippen molar-refractivity contribution >= 4 is 28.3 Å². The molecule has 0 aliphatic rings. The molecule has 3 rings (SSSR count). The number of thiazole rings is 1. The van der Waals surface area contributed by atoms with E-state index in [1.54, 1.807) is 14.2 Å². The maximum Gasteiger partial charge on any atom is 0.310 e. The van der Waals surface area contributed by atoms with Gasteiger partial charge in [-0.15, -0.1) is 11.3 Å². The lowest BCUT2D eigenvalue weighted by Crippen LogP contribution is -2.12. The molecule has 0 radical (unpaired) electrons. The normalized spacial score (nSPS) is 10.4. The summed E-state index contributed by atoms with van der Waals surface area (Å²) in [5, 5.41) is 3.30. The van der Waals surface area contributed by atoms with Crippen LogP contribution in [0, 0.1) is 0 Å². The summed E-state index contributed by atoms with van der Waals surface area (Å²) in [5.41, 5.74) is 2.51. The van der Waals surface area contributed by atoms with E-state index in [4.69, 9.17) is 14.2 Å². The molecular formula is C23H24N2O5S. The SMILES string of the molecule is COC(=O)Cc1sc(NC(=O)CCc2ccc(OC)c(OC)c2)nc1-c1ccccc1. The lowest BCUT2D eigenvalue weighted by molar-refractivity contribution is -0.139. The Labute approximate surface area is 185 Å². The van der Waals surface area contributed by atoms with E-state index in [9.17, 15) is 9.59 Å². The number of nitrogens with one attached hydrogen (secondary N) is 1. The molecule has 0 atom stereocenters. The summed E-state index contributed by atoms with van der Waals surface area (Å²) < 4.78 is 15.3. The van der Waals surface area contributed by atoms with Crippen LogP contribution in [-0.2, 0) is 27.2 Å². The minimum absolute atomic E-state index is 0.0971. The van der Waals surface area contributed by atoms with Crippen molar-refractivity contribution in [3.63, 3.8) is 0 Å². The molecular weight excluding hydrogens is 416 g/mol. The molecule has 7 nitrogen and oxygen atoms in total. The van der Waals surface area contributed by atoms with E-state index in [-0.39, 0.29) is 24.7 Å². The number of carbonyl (C=O) groups excluding carboxylic acids is 2. The van der Waals surface area contributed by atoms with E-state index in [1.807, 2.05) is 48.5 Å². The number of ether oxygens (including phenoxy) is 3. The van der Waals surface area contributed by atoms with Gasteiger partial charge in [-0.1, -0.05) is 36.4 Å². The Bertz CT molecular complexity index is 1050. The molecule has 0 aliphatic heterocycles. The third-order valence-corrected chi connectivity index (χ3v) is 5.58. The summed E-state index contributed by atoms with van der Waals surface area (Å²) in [6.07, 6.45) is 0.917. The lowest BCUT2D eigenvalue weighted by atomic mass is 10.1. The molecule has 3 aromatic rings. The molecule has 0 fully saturated rings. The highest BCUT2D eigenvalue weighted by Crippen LogP contribution is 2.32. The minimum atomic E-state index is -0.354. The van der Waals surface area contributed by atoms with E-state index in [0.29, 0.717) is 28.7 Å². The van der Waals surface area contributed by atoms with Crippen LogP contribution in [0.25, 0.3) is 11.3 Å². The molecule has 2 aromatic carbocycles. The number of methoxy groups -OCH3 is 3. The standard InChI is InChI=1S/C23H24N2O5S/c1-28-17-11-9-15(13-18(17)29-2)10-12-20(26)24-23-25-22(16-7-5-4-6-8-16)19(31-23)14-21(27)30-3/h4-9,11,13H,10,12,14H2,1-3H3,(H,24,25,26). The summed E-state index contributed by atoms with van der Waals surface area (Å²) in [7, 11) is 4.51. The van der Waals surface area contributed by atoms with Gasteiger partial charge in [-0.05, 0) is 24.1 Å². The van der Waals surface area contributed by atoms with E-state index in [1.165, 1.54) is 18.4 Å². The largest absolute Gasteiger partial charge is 0.493 e. The molecule has 0 unspecified atom stereocenters. The quantitative estimate of drug-likeness (QED) is 0.504. The lowest BCUT2D eigenvalue weighted by Gasteiger charge is -2.09. The third kappa shape index (κ3) is 5.82. The molecule has 1 heterocycles. The zero-order valence-electron chi connectivity index (χ0n) is 17.6. The first-order valence-corrected chi connectivity index (χ1v) is 10.5. The summed E-state index contributed by atoms with van der Waals surface area (Å²) in [6.45, 7) is 0. The second-order valence-corrected chi connectivity index (χ2v) is 7.73. The highest BCUT2D eigenvalue weighted by molar-refractivity contribution is 7.16. The van der Waals surface area contributed by atoms with Crippen LogP contribution in [0.5, 0.6) is 11.5 Å². The number of hydrogen-bond donors (Lipinski definition) is 1. The number of rotatable bonds is 9. The first-order valence-electron chi connectivity index (χ1n) is 9.66. The summed E-state index contributed by atoms with van der Waals surface area (Å²) in [4.78, 5) is 29.6. The zero-order valence-corrected chi connectivity index (χ0v) is 18.5. The molecule has 1 amide bonds. The van der Waals surface area contributed by atoms with Crippen LogP contribution in [0.2, 0.25) is 0 Å². The fourth-order valence-electron chi connectivity index (χ4n) is 3.03. The fraction of sp³-hybridized carbons (Fsp3) is 0.261. The molecule has 0 spiro atoms. The van der Waals surface area contributed by atoms with Gasteiger partial charge in [0.1, 0.15) is 0 Å². The Morgan fingerprint density at radius 1 is 1.00 bits per heavy atom. The van der Waals surface area contributed by atoms with Gasteiger partial charge in [-0.3, -0.25) is 9.59 Å². The highest BCUT2D eigenvalue weighted by atomic mass is 32.1. The van der Waals surface area contributed by atoms with Crippen molar-refractivity contribution in [2.24, 2.45) is 0 Å². The smallest absolute Gasteiger partial charge is 0.310 e. The van der Waals surface area contributed by atoms with Crippen molar-refractivity contribution in [3.8, 4) is 22.8 Å². The van der Waals surface area contributed by atoms with Gasteiger partial charge in [0.2, 0.25) is 5.91 Å². The maximum atomic E-state index is 12.5. The number of amides is 1. The Morgan fingerprint density at radius 2 is 1.74 bits per heavy atom. The van der Waals surface area contributed by atoms with Crippen LogP contribution in [0.3, 0.4) is 0 Å². The van der Waals surface area contributed by atoms with Crippen LogP contribution in [0.15, 0.2) is 48.5 Å². The molecule has 8 heteroatoms. The van der Waals surface area contributed by atoms with Gasteiger partial charge in [-0.25, -0.2) is 4.98 Å². The molecule has 162 valence electrons. The van der Waals surface area contributed by atoms with Gasteiger partial charge in [-0.2, -0.15) is 0 Å². The molecule has 31 heavy (non-hydrogen) atoms.